The van der Waals surface area contributed by atoms with Crippen molar-refractivity contribution in [2.24, 2.45) is 7.05 Å². The Morgan fingerprint density at radius 2 is 2.08 bits per heavy atom. The average molecular weight is 374 g/mol. The number of hydrogen-bond acceptors (Lipinski definition) is 7. The second kappa shape index (κ2) is 7.75. The fourth-order valence-corrected chi connectivity index (χ4v) is 3.99. The second-order valence-corrected chi connectivity index (χ2v) is 7.15. The van der Waals surface area contributed by atoms with Crippen molar-refractivity contribution in [1.82, 2.24) is 25.2 Å². The number of anilines is 2. The summed E-state index contributed by atoms with van der Waals surface area (Å²) in [7, 11) is 1.80. The predicted octanol–water partition coefficient (Wildman–Crippen LogP) is 3.21. The van der Waals surface area contributed by atoms with Crippen molar-refractivity contribution in [3.8, 4) is 0 Å². The van der Waals surface area contributed by atoms with Crippen LogP contribution in [0, 0.1) is 0 Å². The van der Waals surface area contributed by atoms with Crippen molar-refractivity contribution in [3.63, 3.8) is 0 Å². The maximum Gasteiger partial charge on any atom is 0.230 e. The molecule has 3 aromatic rings. The van der Waals surface area contributed by atoms with Gasteiger partial charge in [-0.05, 0) is 34.5 Å². The summed E-state index contributed by atoms with van der Waals surface area (Å²) in [6, 6.07) is 8.00. The third-order valence-corrected chi connectivity index (χ3v) is 5.50. The SMILES string of the molecule is CCc1ccc(N(C(C)=O)c2nc(CSc3nnnn3C)cs2)cc1. The lowest BCUT2D eigenvalue weighted by molar-refractivity contribution is -0.115. The Kier molecular flexibility index (Phi) is 5.44. The standard InChI is InChI=1S/C16H18N6OS2/c1-4-12-5-7-14(8-6-12)22(11(2)23)15-17-13(9-24-15)10-25-16-18-19-20-21(16)3/h5-9H,4,10H2,1-3H3. The molecule has 0 atom stereocenters. The summed E-state index contributed by atoms with van der Waals surface area (Å²) in [5.41, 5.74) is 2.96. The van der Waals surface area contributed by atoms with E-state index in [0.29, 0.717) is 10.9 Å². The summed E-state index contributed by atoms with van der Waals surface area (Å²) in [6.45, 7) is 3.66. The largest absolute Gasteiger partial charge is 0.274 e. The van der Waals surface area contributed by atoms with Crippen LogP contribution in [0.4, 0.5) is 10.8 Å². The minimum absolute atomic E-state index is 0.0599. The monoisotopic (exact) mass is 374 g/mol. The number of carbonyl (C=O) groups excluding carboxylic acids is 1. The molecule has 2 heterocycles. The van der Waals surface area contributed by atoms with Crippen LogP contribution in [0.1, 0.15) is 25.1 Å². The Bertz CT molecular complexity index is 858. The highest BCUT2D eigenvalue weighted by Gasteiger charge is 2.18. The van der Waals surface area contributed by atoms with Gasteiger partial charge < -0.3 is 0 Å². The van der Waals surface area contributed by atoms with Crippen LogP contribution in [0.5, 0.6) is 0 Å². The number of hydrogen-bond donors (Lipinski definition) is 0. The molecular formula is C16H18N6OS2. The van der Waals surface area contributed by atoms with Gasteiger partial charge in [0.25, 0.3) is 0 Å². The van der Waals surface area contributed by atoms with E-state index in [1.807, 2.05) is 29.6 Å². The number of benzene rings is 1. The molecule has 0 spiro atoms. The molecule has 0 fully saturated rings. The second-order valence-electron chi connectivity index (χ2n) is 5.37. The van der Waals surface area contributed by atoms with Crippen molar-refractivity contribution in [2.75, 3.05) is 4.90 Å². The predicted molar refractivity (Wildman–Crippen MR) is 99.1 cm³/mol. The molecule has 0 saturated carbocycles. The van der Waals surface area contributed by atoms with Crippen LogP contribution in [-0.2, 0) is 24.0 Å². The minimum Gasteiger partial charge on any atom is -0.274 e. The molecule has 1 amide bonds. The maximum atomic E-state index is 12.2. The zero-order valence-corrected chi connectivity index (χ0v) is 15.8. The van der Waals surface area contributed by atoms with E-state index in [1.54, 1.807) is 23.6 Å². The van der Waals surface area contributed by atoms with Crippen LogP contribution in [0.25, 0.3) is 0 Å². The summed E-state index contributed by atoms with van der Waals surface area (Å²) in [5.74, 6) is 0.584. The molecule has 0 N–H and O–H groups in total. The molecule has 0 unspecified atom stereocenters. The van der Waals surface area contributed by atoms with E-state index < -0.39 is 0 Å². The van der Waals surface area contributed by atoms with Gasteiger partial charge in [-0.3, -0.25) is 9.69 Å². The molecule has 0 saturated heterocycles. The smallest absolute Gasteiger partial charge is 0.230 e. The number of nitrogens with zero attached hydrogens (tertiary/aromatic N) is 6. The Morgan fingerprint density at radius 1 is 1.32 bits per heavy atom. The van der Waals surface area contributed by atoms with Crippen LogP contribution in [0.2, 0.25) is 0 Å². The van der Waals surface area contributed by atoms with E-state index in [9.17, 15) is 4.79 Å². The van der Waals surface area contributed by atoms with Gasteiger partial charge in [-0.1, -0.05) is 30.8 Å². The first-order valence-corrected chi connectivity index (χ1v) is 9.64. The molecule has 0 radical (unpaired) electrons. The van der Waals surface area contributed by atoms with E-state index in [-0.39, 0.29) is 5.91 Å². The number of aromatic nitrogens is 5. The Labute approximate surface area is 154 Å². The summed E-state index contributed by atoms with van der Waals surface area (Å²) in [5, 5.41) is 14.7. The number of tetrazole rings is 1. The van der Waals surface area contributed by atoms with Gasteiger partial charge in [-0.15, -0.1) is 16.4 Å². The van der Waals surface area contributed by atoms with Gasteiger partial charge in [-0.25, -0.2) is 9.67 Å². The van der Waals surface area contributed by atoms with E-state index in [1.165, 1.54) is 28.7 Å². The first-order valence-electron chi connectivity index (χ1n) is 7.77. The third-order valence-electron chi connectivity index (χ3n) is 3.58. The van der Waals surface area contributed by atoms with Crippen LogP contribution >= 0.6 is 23.1 Å². The molecule has 0 aliphatic rings. The number of amides is 1. The summed E-state index contributed by atoms with van der Waals surface area (Å²) >= 11 is 2.96. The van der Waals surface area contributed by atoms with Gasteiger partial charge in [0.2, 0.25) is 11.1 Å². The van der Waals surface area contributed by atoms with Crippen molar-refractivity contribution >= 4 is 39.8 Å². The molecule has 9 heteroatoms. The number of thiazole rings is 1. The molecular weight excluding hydrogens is 356 g/mol. The molecule has 0 aliphatic carbocycles. The summed E-state index contributed by atoms with van der Waals surface area (Å²) < 4.78 is 1.62. The van der Waals surface area contributed by atoms with Crippen LogP contribution in [0.15, 0.2) is 34.8 Å². The van der Waals surface area contributed by atoms with Gasteiger partial charge >= 0.3 is 0 Å². The quantitative estimate of drug-likeness (QED) is 0.617. The molecule has 130 valence electrons. The zero-order valence-electron chi connectivity index (χ0n) is 14.2. The summed E-state index contributed by atoms with van der Waals surface area (Å²) in [4.78, 5) is 18.4. The lowest BCUT2D eigenvalue weighted by atomic mass is 10.1. The topological polar surface area (TPSA) is 76.8 Å². The Balaban J connectivity index is 1.77. The average Bonchev–Trinajstić information content (AvgIpc) is 3.22. The van der Waals surface area contributed by atoms with Crippen molar-refractivity contribution in [2.45, 2.75) is 31.2 Å². The minimum atomic E-state index is -0.0599. The first-order chi connectivity index (χ1) is 12.1. The van der Waals surface area contributed by atoms with Gasteiger partial charge in [0.05, 0.1) is 11.4 Å². The van der Waals surface area contributed by atoms with E-state index in [2.05, 4.69) is 27.4 Å². The zero-order chi connectivity index (χ0) is 17.8. The maximum absolute atomic E-state index is 12.2. The van der Waals surface area contributed by atoms with Crippen molar-refractivity contribution in [1.29, 1.82) is 0 Å². The highest BCUT2D eigenvalue weighted by atomic mass is 32.2. The van der Waals surface area contributed by atoms with E-state index >= 15 is 0 Å². The van der Waals surface area contributed by atoms with Gasteiger partial charge in [0.1, 0.15) is 0 Å². The molecule has 7 nitrogen and oxygen atoms in total. The normalized spacial score (nSPS) is 10.8. The lowest BCUT2D eigenvalue weighted by Gasteiger charge is -2.18. The number of aryl methyl sites for hydroxylation is 2. The van der Waals surface area contributed by atoms with E-state index in [0.717, 1.165) is 23.0 Å². The van der Waals surface area contributed by atoms with Crippen molar-refractivity contribution < 1.29 is 4.79 Å². The van der Waals surface area contributed by atoms with Crippen molar-refractivity contribution in [3.05, 3.63) is 40.9 Å². The summed E-state index contributed by atoms with van der Waals surface area (Å²) in [6.07, 6.45) is 0.968. The fraction of sp³-hybridized carbons (Fsp3) is 0.312. The number of carbonyl (C=O) groups is 1. The third kappa shape index (κ3) is 4.05. The van der Waals surface area contributed by atoms with Gasteiger partial charge in [0.15, 0.2) is 5.13 Å². The molecule has 3 rings (SSSR count). The Hall–Kier alpha value is -2.26. The Morgan fingerprint density at radius 3 is 2.68 bits per heavy atom. The molecule has 1 aromatic carbocycles. The van der Waals surface area contributed by atoms with Crippen LogP contribution in [0.3, 0.4) is 0 Å². The highest BCUT2D eigenvalue weighted by molar-refractivity contribution is 7.98. The van der Waals surface area contributed by atoms with Crippen LogP contribution in [-0.4, -0.2) is 31.1 Å². The lowest BCUT2D eigenvalue weighted by Crippen LogP contribution is -2.22. The molecule has 2 aromatic heterocycles. The number of rotatable bonds is 6. The highest BCUT2D eigenvalue weighted by Crippen LogP contribution is 2.31. The first kappa shape index (κ1) is 17.6. The van der Waals surface area contributed by atoms with Gasteiger partial charge in [-0.2, -0.15) is 0 Å². The molecule has 0 aliphatic heterocycles. The molecule has 25 heavy (non-hydrogen) atoms. The van der Waals surface area contributed by atoms with E-state index in [4.69, 9.17) is 0 Å². The van der Waals surface area contributed by atoms with Crippen LogP contribution < -0.4 is 4.90 Å². The fourth-order valence-electron chi connectivity index (χ4n) is 2.25. The van der Waals surface area contributed by atoms with Gasteiger partial charge in [0, 0.05) is 25.1 Å². The molecule has 0 bridgehead atoms. The number of thioether (sulfide) groups is 1.